The molecule has 126 valence electrons. The number of halogens is 4. The van der Waals surface area contributed by atoms with Gasteiger partial charge in [-0.3, -0.25) is 4.79 Å². The molecule has 8 heteroatoms. The summed E-state index contributed by atoms with van der Waals surface area (Å²) in [5, 5.41) is 5.88. The highest BCUT2D eigenvalue weighted by molar-refractivity contribution is 5.85. The summed E-state index contributed by atoms with van der Waals surface area (Å²) < 4.78 is 39.7. The number of hydrogen-bond donors (Lipinski definition) is 2. The number of carbonyl (C=O) groups is 1. The van der Waals surface area contributed by atoms with Crippen LogP contribution in [0.15, 0.2) is 24.3 Å². The van der Waals surface area contributed by atoms with Crippen LogP contribution >= 0.6 is 12.4 Å². The Morgan fingerprint density at radius 2 is 1.77 bits per heavy atom. The minimum Gasteiger partial charge on any atom is -0.406 e. The zero-order chi connectivity index (χ0) is 15.7. The fourth-order valence-corrected chi connectivity index (χ4v) is 1.65. The van der Waals surface area contributed by atoms with Crippen LogP contribution in [-0.2, 0) is 11.2 Å². The predicted octanol–water partition coefficient (Wildman–Crippen LogP) is 2.67. The summed E-state index contributed by atoms with van der Waals surface area (Å²) in [6, 6.07) is 5.27. The summed E-state index contributed by atoms with van der Waals surface area (Å²) in [5.74, 6) is -0.465. The van der Waals surface area contributed by atoms with Gasteiger partial charge in [0.15, 0.2) is 0 Å². The second-order valence-electron chi connectivity index (χ2n) is 4.47. The van der Waals surface area contributed by atoms with Gasteiger partial charge < -0.3 is 15.4 Å². The molecule has 1 aromatic rings. The van der Waals surface area contributed by atoms with Crippen molar-refractivity contribution in [3.05, 3.63) is 29.8 Å². The van der Waals surface area contributed by atoms with Crippen molar-refractivity contribution in [2.24, 2.45) is 0 Å². The lowest BCUT2D eigenvalue weighted by atomic mass is 10.1. The standard InChI is InChI=1S/C14H19F3N2O2.ClH/c1-2-7-18-8-9-19-13(20)10-11-3-5-12(6-4-11)21-14(15,16)17;/h3-6,18H,2,7-10H2,1H3,(H,19,20);1H. The van der Waals surface area contributed by atoms with E-state index in [1.165, 1.54) is 24.3 Å². The number of alkyl halides is 3. The van der Waals surface area contributed by atoms with Crippen molar-refractivity contribution < 1.29 is 22.7 Å². The maximum absolute atomic E-state index is 12.0. The molecule has 0 saturated heterocycles. The van der Waals surface area contributed by atoms with Crippen LogP contribution in [-0.4, -0.2) is 31.9 Å². The zero-order valence-electron chi connectivity index (χ0n) is 12.2. The van der Waals surface area contributed by atoms with Crippen LogP contribution in [0.3, 0.4) is 0 Å². The lowest BCUT2D eigenvalue weighted by molar-refractivity contribution is -0.274. The van der Waals surface area contributed by atoms with Gasteiger partial charge in [-0.25, -0.2) is 0 Å². The summed E-state index contributed by atoms with van der Waals surface area (Å²) in [4.78, 5) is 11.6. The third-order valence-electron chi connectivity index (χ3n) is 2.57. The third-order valence-corrected chi connectivity index (χ3v) is 2.57. The highest BCUT2D eigenvalue weighted by atomic mass is 35.5. The quantitative estimate of drug-likeness (QED) is 0.715. The van der Waals surface area contributed by atoms with Gasteiger partial charge in [0.05, 0.1) is 6.42 Å². The van der Waals surface area contributed by atoms with Crippen LogP contribution in [0.1, 0.15) is 18.9 Å². The Labute approximate surface area is 133 Å². The van der Waals surface area contributed by atoms with Crippen molar-refractivity contribution in [1.82, 2.24) is 10.6 Å². The molecule has 0 heterocycles. The van der Waals surface area contributed by atoms with Crippen LogP contribution in [0.4, 0.5) is 13.2 Å². The summed E-state index contributed by atoms with van der Waals surface area (Å²) in [7, 11) is 0. The molecule has 2 N–H and O–H groups in total. The van der Waals surface area contributed by atoms with E-state index < -0.39 is 6.36 Å². The second kappa shape index (κ2) is 10.3. The van der Waals surface area contributed by atoms with E-state index in [0.29, 0.717) is 18.7 Å². The molecule has 0 atom stereocenters. The van der Waals surface area contributed by atoms with Crippen molar-refractivity contribution >= 4 is 18.3 Å². The highest BCUT2D eigenvalue weighted by Gasteiger charge is 2.30. The molecule has 0 radical (unpaired) electrons. The fourth-order valence-electron chi connectivity index (χ4n) is 1.65. The lowest BCUT2D eigenvalue weighted by Crippen LogP contribution is -2.32. The molecule has 0 fully saturated rings. The first-order valence-corrected chi connectivity index (χ1v) is 6.73. The number of amides is 1. The largest absolute Gasteiger partial charge is 0.573 e. The molecular weight excluding hydrogens is 321 g/mol. The number of carbonyl (C=O) groups excluding carboxylic acids is 1. The summed E-state index contributed by atoms with van der Waals surface area (Å²) in [5.41, 5.74) is 0.628. The van der Waals surface area contributed by atoms with Crippen molar-refractivity contribution in [2.45, 2.75) is 26.1 Å². The van der Waals surface area contributed by atoms with Crippen LogP contribution in [0.2, 0.25) is 0 Å². The van der Waals surface area contributed by atoms with Crippen molar-refractivity contribution in [1.29, 1.82) is 0 Å². The first-order valence-electron chi connectivity index (χ1n) is 6.73. The highest BCUT2D eigenvalue weighted by Crippen LogP contribution is 2.22. The normalized spacial score (nSPS) is 10.7. The van der Waals surface area contributed by atoms with Gasteiger partial charge in [-0.15, -0.1) is 25.6 Å². The van der Waals surface area contributed by atoms with Gasteiger partial charge >= 0.3 is 6.36 Å². The van der Waals surface area contributed by atoms with Gasteiger partial charge in [-0.05, 0) is 30.7 Å². The lowest BCUT2D eigenvalue weighted by Gasteiger charge is -2.09. The Balaban J connectivity index is 0.00000441. The topological polar surface area (TPSA) is 50.4 Å². The predicted molar refractivity (Wildman–Crippen MR) is 80.2 cm³/mol. The van der Waals surface area contributed by atoms with Crippen LogP contribution in [0.5, 0.6) is 5.75 Å². The van der Waals surface area contributed by atoms with Crippen molar-refractivity contribution in [3.8, 4) is 5.75 Å². The van der Waals surface area contributed by atoms with Crippen LogP contribution < -0.4 is 15.4 Å². The van der Waals surface area contributed by atoms with Crippen LogP contribution in [0, 0.1) is 0 Å². The average Bonchev–Trinajstić information content (AvgIpc) is 2.39. The maximum Gasteiger partial charge on any atom is 0.573 e. The van der Waals surface area contributed by atoms with E-state index in [1.807, 2.05) is 0 Å². The minimum absolute atomic E-state index is 0. The maximum atomic E-state index is 12.0. The molecule has 1 rings (SSSR count). The molecular formula is C14H20ClF3N2O2. The van der Waals surface area contributed by atoms with E-state index in [0.717, 1.165) is 13.0 Å². The molecule has 0 aliphatic rings. The van der Waals surface area contributed by atoms with E-state index in [4.69, 9.17) is 0 Å². The summed E-state index contributed by atoms with van der Waals surface area (Å²) in [6.07, 6.45) is -3.55. The summed E-state index contributed by atoms with van der Waals surface area (Å²) in [6.45, 7) is 4.17. The molecule has 0 aliphatic carbocycles. The number of hydrogen-bond acceptors (Lipinski definition) is 3. The van der Waals surface area contributed by atoms with E-state index in [-0.39, 0.29) is 30.5 Å². The van der Waals surface area contributed by atoms with Gasteiger partial charge in [0.25, 0.3) is 0 Å². The molecule has 0 aromatic heterocycles. The summed E-state index contributed by atoms with van der Waals surface area (Å²) >= 11 is 0. The molecule has 0 unspecified atom stereocenters. The van der Waals surface area contributed by atoms with Gasteiger partial charge in [-0.2, -0.15) is 0 Å². The Morgan fingerprint density at radius 3 is 2.32 bits per heavy atom. The SMILES string of the molecule is CCCNCCNC(=O)Cc1ccc(OC(F)(F)F)cc1.Cl. The monoisotopic (exact) mass is 340 g/mol. The number of ether oxygens (including phenoxy) is 1. The van der Waals surface area contributed by atoms with Crippen molar-refractivity contribution in [2.75, 3.05) is 19.6 Å². The number of rotatable bonds is 8. The third kappa shape index (κ3) is 9.46. The van der Waals surface area contributed by atoms with Gasteiger partial charge in [0.1, 0.15) is 5.75 Å². The fraction of sp³-hybridized carbons (Fsp3) is 0.500. The second-order valence-corrected chi connectivity index (χ2v) is 4.47. The van der Waals surface area contributed by atoms with E-state index >= 15 is 0 Å². The van der Waals surface area contributed by atoms with Crippen LogP contribution in [0.25, 0.3) is 0 Å². The molecule has 1 amide bonds. The van der Waals surface area contributed by atoms with Gasteiger partial charge in [-0.1, -0.05) is 19.1 Å². The molecule has 0 spiro atoms. The van der Waals surface area contributed by atoms with E-state index in [2.05, 4.69) is 22.3 Å². The molecule has 22 heavy (non-hydrogen) atoms. The number of nitrogens with one attached hydrogen (secondary N) is 2. The molecule has 0 bridgehead atoms. The van der Waals surface area contributed by atoms with E-state index in [1.54, 1.807) is 0 Å². The first-order chi connectivity index (χ1) is 9.90. The average molecular weight is 341 g/mol. The molecule has 4 nitrogen and oxygen atoms in total. The zero-order valence-corrected chi connectivity index (χ0v) is 13.0. The van der Waals surface area contributed by atoms with Crippen molar-refractivity contribution in [3.63, 3.8) is 0 Å². The number of benzene rings is 1. The Morgan fingerprint density at radius 1 is 1.14 bits per heavy atom. The minimum atomic E-state index is -4.70. The molecule has 0 aliphatic heterocycles. The van der Waals surface area contributed by atoms with Gasteiger partial charge in [0.2, 0.25) is 5.91 Å². The Hall–Kier alpha value is -1.47. The van der Waals surface area contributed by atoms with E-state index in [9.17, 15) is 18.0 Å². The van der Waals surface area contributed by atoms with Gasteiger partial charge in [0, 0.05) is 13.1 Å². The Bertz CT molecular complexity index is 439. The molecule has 1 aromatic carbocycles. The smallest absolute Gasteiger partial charge is 0.406 e. The first kappa shape index (κ1) is 20.5. The molecule has 0 saturated carbocycles. The Kier molecular flexibility index (Phi) is 9.60.